The van der Waals surface area contributed by atoms with Gasteiger partial charge >= 0.3 is 0 Å². The lowest BCUT2D eigenvalue weighted by Crippen LogP contribution is -2.03. The lowest BCUT2D eigenvalue weighted by Gasteiger charge is -2.09. The molecule has 0 atom stereocenters. The number of unbranched alkanes of at least 4 members (excludes halogenated alkanes) is 1. The highest BCUT2D eigenvalue weighted by atomic mass is 35.5. The molecule has 3 heteroatoms. The molecule has 0 aliphatic rings. The molecule has 0 fully saturated rings. The zero-order valence-corrected chi connectivity index (χ0v) is 10.9. The number of halogens is 1. The molecule has 1 aromatic rings. The average molecular weight is 244 g/mol. The highest BCUT2D eigenvalue weighted by Crippen LogP contribution is 2.20. The molecular formula is C12H18ClNS. The second kappa shape index (κ2) is 7.02. The number of benzene rings is 1. The molecule has 0 amide bonds. The fourth-order valence-electron chi connectivity index (χ4n) is 1.38. The van der Waals surface area contributed by atoms with Crippen LogP contribution in [0.4, 0.5) is 5.69 Å². The molecule has 0 aliphatic carbocycles. The average Bonchev–Trinajstić information content (AvgIpc) is 2.23. The summed E-state index contributed by atoms with van der Waals surface area (Å²) >= 11 is 7.84. The predicted octanol–water partition coefficient (Wildman–Crippen LogP) is 4.20. The topological polar surface area (TPSA) is 12.0 Å². The van der Waals surface area contributed by atoms with E-state index in [0.717, 1.165) is 17.3 Å². The molecular weight excluding hydrogens is 226 g/mol. The summed E-state index contributed by atoms with van der Waals surface area (Å²) in [4.78, 5) is 0. The quantitative estimate of drug-likeness (QED) is 0.752. The Morgan fingerprint density at radius 3 is 2.87 bits per heavy atom. The van der Waals surface area contributed by atoms with E-state index in [1.54, 1.807) is 0 Å². The van der Waals surface area contributed by atoms with Crippen molar-refractivity contribution in [3.05, 3.63) is 28.8 Å². The van der Waals surface area contributed by atoms with Gasteiger partial charge in [0.25, 0.3) is 0 Å². The van der Waals surface area contributed by atoms with E-state index < -0.39 is 0 Å². The summed E-state index contributed by atoms with van der Waals surface area (Å²) in [5.41, 5.74) is 2.41. The normalized spacial score (nSPS) is 10.3. The molecule has 0 radical (unpaired) electrons. The van der Waals surface area contributed by atoms with Gasteiger partial charge in [-0.1, -0.05) is 17.7 Å². The number of rotatable bonds is 6. The van der Waals surface area contributed by atoms with Crippen LogP contribution in [0.2, 0.25) is 5.02 Å². The predicted molar refractivity (Wildman–Crippen MR) is 72.3 cm³/mol. The molecule has 15 heavy (non-hydrogen) atoms. The zero-order chi connectivity index (χ0) is 11.1. The van der Waals surface area contributed by atoms with Gasteiger partial charge in [-0.05, 0) is 49.5 Å². The molecule has 1 N–H and O–H groups in total. The van der Waals surface area contributed by atoms with Crippen LogP contribution < -0.4 is 5.32 Å². The van der Waals surface area contributed by atoms with Crippen LogP contribution in [-0.4, -0.2) is 18.6 Å². The Bertz CT molecular complexity index is 302. The first kappa shape index (κ1) is 12.7. The van der Waals surface area contributed by atoms with Gasteiger partial charge in [-0.25, -0.2) is 0 Å². The van der Waals surface area contributed by atoms with Gasteiger partial charge in [0.15, 0.2) is 0 Å². The number of hydrogen-bond donors (Lipinski definition) is 1. The van der Waals surface area contributed by atoms with Crippen molar-refractivity contribution >= 4 is 29.1 Å². The molecule has 1 aromatic carbocycles. The molecule has 1 rings (SSSR count). The van der Waals surface area contributed by atoms with Crippen LogP contribution >= 0.6 is 23.4 Å². The van der Waals surface area contributed by atoms with Crippen LogP contribution in [0.5, 0.6) is 0 Å². The van der Waals surface area contributed by atoms with E-state index in [1.807, 2.05) is 30.0 Å². The fourth-order valence-corrected chi connectivity index (χ4v) is 2.04. The molecule has 1 nitrogen and oxygen atoms in total. The second-order valence-electron chi connectivity index (χ2n) is 3.59. The Kier molecular flexibility index (Phi) is 5.96. The van der Waals surface area contributed by atoms with Gasteiger partial charge in [0.05, 0.1) is 0 Å². The number of anilines is 1. The lowest BCUT2D eigenvalue weighted by molar-refractivity contribution is 0.842. The molecule has 84 valence electrons. The summed E-state index contributed by atoms with van der Waals surface area (Å²) in [6.45, 7) is 3.13. The third kappa shape index (κ3) is 4.80. The van der Waals surface area contributed by atoms with Crippen molar-refractivity contribution in [3.63, 3.8) is 0 Å². The minimum Gasteiger partial charge on any atom is -0.385 e. The largest absolute Gasteiger partial charge is 0.385 e. The van der Waals surface area contributed by atoms with Gasteiger partial charge < -0.3 is 5.32 Å². The summed E-state index contributed by atoms with van der Waals surface area (Å²) in [5, 5.41) is 4.22. The van der Waals surface area contributed by atoms with Gasteiger partial charge in [-0.3, -0.25) is 0 Å². The summed E-state index contributed by atoms with van der Waals surface area (Å²) < 4.78 is 0. The molecule has 0 saturated heterocycles. The van der Waals surface area contributed by atoms with Crippen molar-refractivity contribution in [2.24, 2.45) is 0 Å². The van der Waals surface area contributed by atoms with E-state index in [4.69, 9.17) is 11.6 Å². The van der Waals surface area contributed by atoms with E-state index >= 15 is 0 Å². The SMILES string of the molecule is CSCCCCNc1cc(Cl)ccc1C. The Hall–Kier alpha value is -0.340. The molecule has 0 unspecified atom stereocenters. The minimum absolute atomic E-state index is 0.798. The lowest BCUT2D eigenvalue weighted by atomic mass is 10.2. The van der Waals surface area contributed by atoms with Crippen molar-refractivity contribution in [2.45, 2.75) is 19.8 Å². The van der Waals surface area contributed by atoms with Crippen LogP contribution in [-0.2, 0) is 0 Å². The van der Waals surface area contributed by atoms with E-state index in [2.05, 4.69) is 18.5 Å². The summed E-state index contributed by atoms with van der Waals surface area (Å²) in [6, 6.07) is 5.97. The Morgan fingerprint density at radius 1 is 1.33 bits per heavy atom. The fraction of sp³-hybridized carbons (Fsp3) is 0.500. The Morgan fingerprint density at radius 2 is 2.13 bits per heavy atom. The Labute approximate surface area is 102 Å². The number of hydrogen-bond acceptors (Lipinski definition) is 2. The van der Waals surface area contributed by atoms with Crippen LogP contribution in [0.3, 0.4) is 0 Å². The van der Waals surface area contributed by atoms with E-state index in [1.165, 1.54) is 24.2 Å². The highest BCUT2D eigenvalue weighted by molar-refractivity contribution is 7.98. The maximum atomic E-state index is 5.94. The summed E-state index contributed by atoms with van der Waals surface area (Å²) in [7, 11) is 0. The molecule has 0 aromatic heterocycles. The zero-order valence-electron chi connectivity index (χ0n) is 9.35. The second-order valence-corrected chi connectivity index (χ2v) is 5.01. The smallest absolute Gasteiger partial charge is 0.0426 e. The van der Waals surface area contributed by atoms with Crippen LogP contribution in [0.25, 0.3) is 0 Å². The maximum absolute atomic E-state index is 5.94. The highest BCUT2D eigenvalue weighted by Gasteiger charge is 1.98. The molecule has 0 spiro atoms. The molecule has 0 heterocycles. The first-order valence-electron chi connectivity index (χ1n) is 5.23. The third-order valence-corrected chi connectivity index (χ3v) is 3.22. The van der Waals surface area contributed by atoms with Gasteiger partial charge in [-0.2, -0.15) is 11.8 Å². The molecule has 0 aliphatic heterocycles. The van der Waals surface area contributed by atoms with Crippen molar-refractivity contribution in [1.29, 1.82) is 0 Å². The summed E-state index contributed by atoms with van der Waals surface area (Å²) in [5.74, 6) is 1.25. The van der Waals surface area contributed by atoms with Gasteiger partial charge in [0.2, 0.25) is 0 Å². The molecule has 0 bridgehead atoms. The van der Waals surface area contributed by atoms with Crippen LogP contribution in [0.15, 0.2) is 18.2 Å². The maximum Gasteiger partial charge on any atom is 0.0426 e. The molecule has 0 saturated carbocycles. The Balaban J connectivity index is 2.33. The van der Waals surface area contributed by atoms with E-state index in [0.29, 0.717) is 0 Å². The first-order valence-corrected chi connectivity index (χ1v) is 7.00. The van der Waals surface area contributed by atoms with Crippen molar-refractivity contribution in [3.8, 4) is 0 Å². The van der Waals surface area contributed by atoms with Crippen LogP contribution in [0.1, 0.15) is 18.4 Å². The van der Waals surface area contributed by atoms with Crippen molar-refractivity contribution in [2.75, 3.05) is 23.9 Å². The minimum atomic E-state index is 0.798. The van der Waals surface area contributed by atoms with Gasteiger partial charge in [0.1, 0.15) is 0 Å². The standard InChI is InChI=1S/C12H18ClNS/c1-10-5-6-11(13)9-12(10)14-7-3-4-8-15-2/h5-6,9,14H,3-4,7-8H2,1-2H3. The van der Waals surface area contributed by atoms with E-state index in [9.17, 15) is 0 Å². The monoisotopic (exact) mass is 243 g/mol. The first-order chi connectivity index (χ1) is 7.24. The van der Waals surface area contributed by atoms with E-state index in [-0.39, 0.29) is 0 Å². The number of nitrogens with one attached hydrogen (secondary N) is 1. The third-order valence-electron chi connectivity index (χ3n) is 2.29. The summed E-state index contributed by atoms with van der Waals surface area (Å²) in [6.07, 6.45) is 4.63. The number of thioether (sulfide) groups is 1. The van der Waals surface area contributed by atoms with Gasteiger partial charge in [0, 0.05) is 17.3 Å². The van der Waals surface area contributed by atoms with Crippen molar-refractivity contribution in [1.82, 2.24) is 0 Å². The van der Waals surface area contributed by atoms with Crippen LogP contribution in [0, 0.1) is 6.92 Å². The number of aryl methyl sites for hydroxylation is 1. The van der Waals surface area contributed by atoms with Crippen molar-refractivity contribution < 1.29 is 0 Å². The van der Waals surface area contributed by atoms with Gasteiger partial charge in [-0.15, -0.1) is 0 Å².